The van der Waals surface area contributed by atoms with Crippen molar-refractivity contribution in [3.05, 3.63) is 68.7 Å². The van der Waals surface area contributed by atoms with Crippen LogP contribution in [0.1, 0.15) is 22.7 Å². The maximum Gasteiger partial charge on any atom is 0.0446 e. The van der Waals surface area contributed by atoms with Crippen LogP contribution in [0.5, 0.6) is 0 Å². The molecule has 2 aromatic rings. The van der Waals surface area contributed by atoms with E-state index in [1.807, 2.05) is 31.2 Å². The van der Waals surface area contributed by atoms with Crippen LogP contribution in [0.2, 0.25) is 5.02 Å². The molecule has 0 saturated heterocycles. The second-order valence-electron chi connectivity index (χ2n) is 4.42. The van der Waals surface area contributed by atoms with E-state index in [0.717, 1.165) is 27.0 Å². The Bertz CT molecular complexity index is 540. The van der Waals surface area contributed by atoms with Crippen LogP contribution in [0.4, 0.5) is 0 Å². The average Bonchev–Trinajstić information content (AvgIpc) is 2.35. The van der Waals surface area contributed by atoms with Crippen molar-refractivity contribution >= 4 is 27.5 Å². The SMILES string of the molecule is Cc1cc(C(N)Cc2ccccc2)c(Br)cc1Cl. The summed E-state index contributed by atoms with van der Waals surface area (Å²) in [6, 6.07) is 14.2. The van der Waals surface area contributed by atoms with Gasteiger partial charge in [-0.25, -0.2) is 0 Å². The van der Waals surface area contributed by atoms with E-state index in [2.05, 4.69) is 34.1 Å². The molecule has 1 atom stereocenters. The lowest BCUT2D eigenvalue weighted by atomic mass is 9.98. The largest absolute Gasteiger partial charge is 0.324 e. The predicted octanol–water partition coefficient (Wildman–Crippen LogP) is 4.65. The Hall–Kier alpha value is -0.830. The Morgan fingerprint density at radius 1 is 1.22 bits per heavy atom. The van der Waals surface area contributed by atoms with Crippen molar-refractivity contribution in [2.24, 2.45) is 5.73 Å². The van der Waals surface area contributed by atoms with Gasteiger partial charge < -0.3 is 5.73 Å². The summed E-state index contributed by atoms with van der Waals surface area (Å²) in [6.07, 6.45) is 0.820. The fourth-order valence-electron chi connectivity index (χ4n) is 1.94. The lowest BCUT2D eigenvalue weighted by Crippen LogP contribution is -2.14. The maximum absolute atomic E-state index is 6.27. The fraction of sp³-hybridized carbons (Fsp3) is 0.200. The third kappa shape index (κ3) is 3.14. The van der Waals surface area contributed by atoms with E-state index in [-0.39, 0.29) is 6.04 Å². The van der Waals surface area contributed by atoms with Gasteiger partial charge in [-0.05, 0) is 36.1 Å². The van der Waals surface area contributed by atoms with Crippen LogP contribution in [0.3, 0.4) is 0 Å². The smallest absolute Gasteiger partial charge is 0.0446 e. The number of hydrogen-bond acceptors (Lipinski definition) is 1. The molecule has 0 saturated carbocycles. The van der Waals surface area contributed by atoms with Gasteiger partial charge >= 0.3 is 0 Å². The van der Waals surface area contributed by atoms with Crippen molar-refractivity contribution in [2.75, 3.05) is 0 Å². The van der Waals surface area contributed by atoms with Gasteiger partial charge in [-0.2, -0.15) is 0 Å². The molecule has 0 aliphatic rings. The summed E-state index contributed by atoms with van der Waals surface area (Å²) in [5.74, 6) is 0. The standard InChI is InChI=1S/C15H15BrClN/c1-10-7-12(13(16)9-14(10)17)15(18)8-11-5-3-2-4-6-11/h2-7,9,15H,8,18H2,1H3. The van der Waals surface area contributed by atoms with Crippen molar-refractivity contribution < 1.29 is 0 Å². The highest BCUT2D eigenvalue weighted by Gasteiger charge is 2.12. The molecule has 0 aliphatic heterocycles. The molecule has 18 heavy (non-hydrogen) atoms. The summed E-state index contributed by atoms with van der Waals surface area (Å²) in [5.41, 5.74) is 9.67. The molecule has 1 unspecified atom stereocenters. The average molecular weight is 325 g/mol. The monoisotopic (exact) mass is 323 g/mol. The molecule has 1 nitrogen and oxygen atoms in total. The minimum atomic E-state index is -0.0299. The van der Waals surface area contributed by atoms with Crippen molar-refractivity contribution in [1.29, 1.82) is 0 Å². The highest BCUT2D eigenvalue weighted by molar-refractivity contribution is 9.10. The van der Waals surface area contributed by atoms with Gasteiger partial charge in [-0.1, -0.05) is 63.9 Å². The predicted molar refractivity (Wildman–Crippen MR) is 81.0 cm³/mol. The van der Waals surface area contributed by atoms with Crippen LogP contribution in [-0.2, 0) is 6.42 Å². The van der Waals surface area contributed by atoms with E-state index in [1.54, 1.807) is 0 Å². The molecule has 0 heterocycles. The maximum atomic E-state index is 6.27. The molecule has 94 valence electrons. The zero-order chi connectivity index (χ0) is 13.1. The van der Waals surface area contributed by atoms with Gasteiger partial charge in [0.15, 0.2) is 0 Å². The number of rotatable bonds is 3. The summed E-state index contributed by atoms with van der Waals surface area (Å²) >= 11 is 9.61. The molecule has 0 bridgehead atoms. The lowest BCUT2D eigenvalue weighted by Gasteiger charge is -2.15. The van der Waals surface area contributed by atoms with Crippen molar-refractivity contribution in [1.82, 2.24) is 0 Å². The zero-order valence-electron chi connectivity index (χ0n) is 10.2. The zero-order valence-corrected chi connectivity index (χ0v) is 12.5. The topological polar surface area (TPSA) is 26.0 Å². The van der Waals surface area contributed by atoms with Crippen LogP contribution in [0.15, 0.2) is 46.9 Å². The minimum Gasteiger partial charge on any atom is -0.324 e. The molecule has 2 N–H and O–H groups in total. The van der Waals surface area contributed by atoms with E-state index in [0.29, 0.717) is 0 Å². The van der Waals surface area contributed by atoms with Crippen LogP contribution in [0, 0.1) is 6.92 Å². The van der Waals surface area contributed by atoms with Crippen LogP contribution >= 0.6 is 27.5 Å². The Balaban J connectivity index is 2.24. The highest BCUT2D eigenvalue weighted by Crippen LogP contribution is 2.30. The summed E-state index contributed by atoms with van der Waals surface area (Å²) in [5, 5.41) is 0.762. The summed E-state index contributed by atoms with van der Waals surface area (Å²) in [7, 11) is 0. The molecule has 2 rings (SSSR count). The quantitative estimate of drug-likeness (QED) is 0.873. The van der Waals surface area contributed by atoms with Gasteiger partial charge in [-0.3, -0.25) is 0 Å². The Morgan fingerprint density at radius 2 is 1.89 bits per heavy atom. The number of benzene rings is 2. The third-order valence-electron chi connectivity index (χ3n) is 2.98. The molecule has 0 amide bonds. The second-order valence-corrected chi connectivity index (χ2v) is 5.68. The lowest BCUT2D eigenvalue weighted by molar-refractivity contribution is 0.717. The van der Waals surface area contributed by atoms with Gasteiger partial charge in [0.2, 0.25) is 0 Å². The summed E-state index contributed by atoms with van der Waals surface area (Å²) in [4.78, 5) is 0. The Morgan fingerprint density at radius 3 is 2.56 bits per heavy atom. The minimum absolute atomic E-state index is 0.0299. The molecule has 0 radical (unpaired) electrons. The molecular weight excluding hydrogens is 310 g/mol. The number of aryl methyl sites for hydroxylation is 1. The number of nitrogens with two attached hydrogens (primary N) is 1. The highest BCUT2D eigenvalue weighted by atomic mass is 79.9. The van der Waals surface area contributed by atoms with E-state index in [4.69, 9.17) is 17.3 Å². The fourth-order valence-corrected chi connectivity index (χ4v) is 2.87. The molecule has 3 heteroatoms. The van der Waals surface area contributed by atoms with Crippen LogP contribution < -0.4 is 5.73 Å². The number of halogens is 2. The first-order valence-electron chi connectivity index (χ1n) is 5.83. The van der Waals surface area contributed by atoms with E-state index in [1.165, 1.54) is 5.56 Å². The van der Waals surface area contributed by atoms with Gasteiger partial charge in [0, 0.05) is 15.5 Å². The first-order chi connectivity index (χ1) is 8.58. The number of hydrogen-bond donors (Lipinski definition) is 1. The van der Waals surface area contributed by atoms with Crippen molar-refractivity contribution in [3.63, 3.8) is 0 Å². The summed E-state index contributed by atoms with van der Waals surface area (Å²) < 4.78 is 0.974. The molecule has 0 spiro atoms. The molecular formula is C15H15BrClN. The van der Waals surface area contributed by atoms with E-state index < -0.39 is 0 Å². The van der Waals surface area contributed by atoms with Crippen LogP contribution in [-0.4, -0.2) is 0 Å². The van der Waals surface area contributed by atoms with Crippen molar-refractivity contribution in [3.8, 4) is 0 Å². The molecule has 2 aromatic carbocycles. The van der Waals surface area contributed by atoms with E-state index in [9.17, 15) is 0 Å². The van der Waals surface area contributed by atoms with Crippen molar-refractivity contribution in [2.45, 2.75) is 19.4 Å². The first kappa shape index (κ1) is 13.6. The Kier molecular flexibility index (Phi) is 4.44. The molecule has 0 aromatic heterocycles. The second kappa shape index (κ2) is 5.87. The summed E-state index contributed by atoms with van der Waals surface area (Å²) in [6.45, 7) is 1.99. The van der Waals surface area contributed by atoms with Gasteiger partial charge in [-0.15, -0.1) is 0 Å². The molecule has 0 aliphatic carbocycles. The third-order valence-corrected chi connectivity index (χ3v) is 4.07. The van der Waals surface area contributed by atoms with Gasteiger partial charge in [0.25, 0.3) is 0 Å². The molecule has 0 fully saturated rings. The van der Waals surface area contributed by atoms with E-state index >= 15 is 0 Å². The van der Waals surface area contributed by atoms with Crippen LogP contribution in [0.25, 0.3) is 0 Å². The van der Waals surface area contributed by atoms with Gasteiger partial charge in [0.05, 0.1) is 0 Å². The van der Waals surface area contributed by atoms with Gasteiger partial charge in [0.1, 0.15) is 0 Å². The first-order valence-corrected chi connectivity index (χ1v) is 7.00. The Labute approximate surface area is 121 Å². The normalized spacial score (nSPS) is 12.4.